The van der Waals surface area contributed by atoms with Crippen LogP contribution in [0.15, 0.2) is 12.2 Å². The number of amides is 1. The van der Waals surface area contributed by atoms with E-state index in [0.29, 0.717) is 24.3 Å². The zero-order chi connectivity index (χ0) is 25.4. The van der Waals surface area contributed by atoms with Gasteiger partial charge >= 0.3 is 0 Å². The highest BCUT2D eigenvalue weighted by Gasteiger charge is 2.30. The van der Waals surface area contributed by atoms with Gasteiger partial charge in [-0.05, 0) is 38.0 Å². The fraction of sp³-hybridized carbons (Fsp3) is 0.903. The first-order valence-electron chi connectivity index (χ1n) is 15.2. The first-order chi connectivity index (χ1) is 17.2. The quantitative estimate of drug-likeness (QED) is 0.0733. The van der Waals surface area contributed by atoms with E-state index >= 15 is 0 Å². The molecule has 0 aliphatic heterocycles. The number of halogens is 1. The summed E-state index contributed by atoms with van der Waals surface area (Å²) in [5, 5.41) is 0. The Morgan fingerprint density at radius 3 is 1.83 bits per heavy atom. The van der Waals surface area contributed by atoms with E-state index in [1.807, 2.05) is 11.9 Å². The third kappa shape index (κ3) is 17.5. The number of alkyl halides is 1. The molecule has 0 aromatic heterocycles. The van der Waals surface area contributed by atoms with Crippen molar-refractivity contribution in [2.45, 2.75) is 135 Å². The number of hydrogen-bond acceptors (Lipinski definition) is 2. The smallest absolute Gasteiger partial charge is 0.226 e. The predicted octanol–water partition coefficient (Wildman–Crippen LogP) is 9.32. The van der Waals surface area contributed by atoms with Crippen LogP contribution in [0.2, 0.25) is 0 Å². The maximum Gasteiger partial charge on any atom is 0.226 e. The average Bonchev–Trinajstić information content (AvgIpc) is 2.88. The van der Waals surface area contributed by atoms with Crippen LogP contribution in [0.4, 0.5) is 0 Å². The van der Waals surface area contributed by atoms with Gasteiger partial charge in [-0.1, -0.05) is 115 Å². The number of nitrogens with zero attached hydrogens (tertiary/aromatic N) is 1. The van der Waals surface area contributed by atoms with Crippen molar-refractivity contribution < 1.29 is 9.53 Å². The van der Waals surface area contributed by atoms with Gasteiger partial charge in [-0.2, -0.15) is 0 Å². The van der Waals surface area contributed by atoms with Crippen LogP contribution < -0.4 is 0 Å². The molecule has 0 bridgehead atoms. The summed E-state index contributed by atoms with van der Waals surface area (Å²) in [5.41, 5.74) is 0. The molecule has 1 rings (SSSR count). The van der Waals surface area contributed by atoms with Crippen molar-refractivity contribution in [1.29, 1.82) is 0 Å². The number of allylic oxidation sites excluding steroid dienone is 2. The van der Waals surface area contributed by atoms with Crippen LogP contribution in [0.25, 0.3) is 0 Å². The maximum atomic E-state index is 13.1. The summed E-state index contributed by atoms with van der Waals surface area (Å²) >= 11 is 5.74. The summed E-state index contributed by atoms with van der Waals surface area (Å²) in [6, 6.07) is 0. The Bertz CT molecular complexity index is 510. The van der Waals surface area contributed by atoms with Gasteiger partial charge in [0.25, 0.3) is 0 Å². The lowest BCUT2D eigenvalue weighted by molar-refractivity contribution is -0.137. The summed E-state index contributed by atoms with van der Waals surface area (Å²) in [5.74, 6) is 1.40. The molecule has 0 spiro atoms. The molecule has 0 heterocycles. The Kier molecular flexibility index (Phi) is 22.1. The third-order valence-electron chi connectivity index (χ3n) is 7.61. The second kappa shape index (κ2) is 23.8. The normalized spacial score (nSPS) is 17.7. The minimum atomic E-state index is 0.0825. The molecule has 0 aromatic rings. The van der Waals surface area contributed by atoms with E-state index in [0.717, 1.165) is 45.3 Å². The van der Waals surface area contributed by atoms with Gasteiger partial charge in [0.15, 0.2) is 0 Å². The average molecular weight is 512 g/mol. The lowest BCUT2D eigenvalue weighted by atomic mass is 9.82. The van der Waals surface area contributed by atoms with Crippen LogP contribution in [-0.2, 0) is 9.53 Å². The zero-order valence-electron chi connectivity index (χ0n) is 23.4. The van der Waals surface area contributed by atoms with E-state index in [-0.39, 0.29) is 5.92 Å². The molecule has 0 saturated carbocycles. The van der Waals surface area contributed by atoms with Crippen molar-refractivity contribution >= 4 is 17.5 Å². The Balaban J connectivity index is 1.99. The van der Waals surface area contributed by atoms with Gasteiger partial charge in [0, 0.05) is 32.0 Å². The first-order valence-corrected chi connectivity index (χ1v) is 15.8. The SMILES string of the molecule is CCCCCCCCCCCCCCCCCCN(C)C(=O)C1CC=CCC1COCCCCCl. The Morgan fingerprint density at radius 2 is 1.29 bits per heavy atom. The minimum absolute atomic E-state index is 0.0825. The molecule has 1 amide bonds. The maximum absolute atomic E-state index is 13.1. The third-order valence-corrected chi connectivity index (χ3v) is 7.88. The number of carbonyl (C=O) groups is 1. The fourth-order valence-corrected chi connectivity index (χ4v) is 5.37. The van der Waals surface area contributed by atoms with Crippen molar-refractivity contribution in [2.75, 3.05) is 32.7 Å². The summed E-state index contributed by atoms with van der Waals surface area (Å²) < 4.78 is 5.87. The summed E-state index contributed by atoms with van der Waals surface area (Å²) in [7, 11) is 1.99. The standard InChI is InChI=1S/C31H58ClNO2/c1-3-4-5-6-7-8-9-10-11-12-13-14-15-16-17-21-26-33(2)31(34)30-24-19-18-23-29(30)28-35-27-22-20-25-32/h18-19,29-30H,3-17,20-28H2,1-2H3. The summed E-state index contributed by atoms with van der Waals surface area (Å²) in [6.45, 7) is 4.62. The number of ether oxygens (including phenoxy) is 1. The summed E-state index contributed by atoms with van der Waals surface area (Å²) in [6.07, 6.45) is 30.3. The molecule has 1 aliphatic rings. The monoisotopic (exact) mass is 511 g/mol. The molecule has 3 nitrogen and oxygen atoms in total. The Hall–Kier alpha value is -0.540. The lowest BCUT2D eigenvalue weighted by Gasteiger charge is -2.31. The molecular weight excluding hydrogens is 454 g/mol. The van der Waals surface area contributed by atoms with E-state index in [1.165, 1.54) is 96.3 Å². The van der Waals surface area contributed by atoms with E-state index in [4.69, 9.17) is 16.3 Å². The van der Waals surface area contributed by atoms with Gasteiger partial charge in [0.1, 0.15) is 0 Å². The Labute approximate surface area is 223 Å². The van der Waals surface area contributed by atoms with E-state index in [1.54, 1.807) is 0 Å². The molecule has 0 fully saturated rings. The minimum Gasteiger partial charge on any atom is -0.381 e. The van der Waals surface area contributed by atoms with Crippen LogP contribution in [-0.4, -0.2) is 43.5 Å². The topological polar surface area (TPSA) is 29.5 Å². The second-order valence-corrected chi connectivity index (χ2v) is 11.2. The molecule has 206 valence electrons. The molecule has 0 N–H and O–H groups in total. The van der Waals surface area contributed by atoms with Gasteiger partial charge in [-0.15, -0.1) is 11.6 Å². The second-order valence-electron chi connectivity index (χ2n) is 10.8. The van der Waals surface area contributed by atoms with E-state index < -0.39 is 0 Å². The van der Waals surface area contributed by atoms with Crippen LogP contribution in [0.5, 0.6) is 0 Å². The number of hydrogen-bond donors (Lipinski definition) is 0. The van der Waals surface area contributed by atoms with Crippen LogP contribution in [0, 0.1) is 11.8 Å². The van der Waals surface area contributed by atoms with Gasteiger partial charge < -0.3 is 9.64 Å². The number of unbranched alkanes of at least 4 members (excludes halogenated alkanes) is 16. The van der Waals surface area contributed by atoms with Gasteiger partial charge in [0.2, 0.25) is 5.91 Å². The molecule has 4 heteroatoms. The van der Waals surface area contributed by atoms with Crippen molar-refractivity contribution in [3.05, 3.63) is 12.2 Å². The van der Waals surface area contributed by atoms with Crippen molar-refractivity contribution in [1.82, 2.24) is 4.90 Å². The van der Waals surface area contributed by atoms with Crippen LogP contribution in [0.3, 0.4) is 0 Å². The van der Waals surface area contributed by atoms with Crippen LogP contribution in [0.1, 0.15) is 135 Å². The Morgan fingerprint density at radius 1 is 0.771 bits per heavy atom. The summed E-state index contributed by atoms with van der Waals surface area (Å²) in [4.78, 5) is 15.0. The molecule has 1 aliphatic carbocycles. The van der Waals surface area contributed by atoms with Gasteiger partial charge in [-0.3, -0.25) is 4.79 Å². The molecular formula is C31H58ClNO2. The number of carbonyl (C=O) groups excluding carboxylic acids is 1. The predicted molar refractivity (Wildman–Crippen MR) is 153 cm³/mol. The molecule has 0 aromatic carbocycles. The van der Waals surface area contributed by atoms with Crippen molar-refractivity contribution in [2.24, 2.45) is 11.8 Å². The van der Waals surface area contributed by atoms with E-state index in [2.05, 4.69) is 19.1 Å². The highest BCUT2D eigenvalue weighted by Crippen LogP contribution is 2.28. The molecule has 35 heavy (non-hydrogen) atoms. The first kappa shape index (κ1) is 32.5. The molecule has 0 saturated heterocycles. The molecule has 2 unspecified atom stereocenters. The largest absolute Gasteiger partial charge is 0.381 e. The van der Waals surface area contributed by atoms with Crippen LogP contribution >= 0.6 is 11.6 Å². The highest BCUT2D eigenvalue weighted by atomic mass is 35.5. The fourth-order valence-electron chi connectivity index (χ4n) is 5.18. The zero-order valence-corrected chi connectivity index (χ0v) is 24.2. The lowest BCUT2D eigenvalue weighted by Crippen LogP contribution is -2.39. The molecule has 0 radical (unpaired) electrons. The van der Waals surface area contributed by atoms with Gasteiger partial charge in [0.05, 0.1) is 6.61 Å². The van der Waals surface area contributed by atoms with Crippen molar-refractivity contribution in [3.63, 3.8) is 0 Å². The molecule has 2 atom stereocenters. The highest BCUT2D eigenvalue weighted by molar-refractivity contribution is 6.17. The van der Waals surface area contributed by atoms with Gasteiger partial charge in [-0.25, -0.2) is 0 Å². The van der Waals surface area contributed by atoms with E-state index in [9.17, 15) is 4.79 Å². The van der Waals surface area contributed by atoms with Crippen molar-refractivity contribution in [3.8, 4) is 0 Å². The number of rotatable bonds is 24.